The Balaban J connectivity index is 1.55. The van der Waals surface area contributed by atoms with Crippen molar-refractivity contribution in [1.29, 1.82) is 0 Å². The topological polar surface area (TPSA) is 107 Å². The van der Waals surface area contributed by atoms with E-state index in [1.165, 1.54) is 42.7 Å². The number of benzene rings is 2. The van der Waals surface area contributed by atoms with E-state index in [2.05, 4.69) is 14.7 Å². The molecule has 0 fully saturated rings. The van der Waals surface area contributed by atoms with Crippen molar-refractivity contribution < 1.29 is 22.7 Å². The Morgan fingerprint density at radius 2 is 1.69 bits per heavy atom. The van der Waals surface area contributed by atoms with Crippen molar-refractivity contribution in [2.75, 3.05) is 18.9 Å². The first-order chi connectivity index (χ1) is 16.9. The van der Waals surface area contributed by atoms with E-state index in [1.807, 2.05) is 23.6 Å². The van der Waals surface area contributed by atoms with E-state index in [-0.39, 0.29) is 16.6 Å². The average Bonchev–Trinajstić information content (AvgIpc) is 3.42. The molecule has 0 atom stereocenters. The van der Waals surface area contributed by atoms with Gasteiger partial charge >= 0.3 is 0 Å². The number of sulfonamides is 1. The van der Waals surface area contributed by atoms with E-state index in [1.54, 1.807) is 43.8 Å². The molecule has 1 N–H and O–H groups in total. The summed E-state index contributed by atoms with van der Waals surface area (Å²) in [6.45, 7) is 0. The minimum Gasteiger partial charge on any atom is -0.496 e. The fourth-order valence-corrected chi connectivity index (χ4v) is 4.97. The molecule has 8 nitrogen and oxygen atoms in total. The van der Waals surface area contributed by atoms with Crippen LogP contribution in [-0.2, 0) is 10.0 Å². The highest BCUT2D eigenvalue weighted by atomic mass is 32.2. The molecule has 2 aromatic heterocycles. The number of carbonyl (C=O) groups is 1. The molecule has 0 amide bonds. The zero-order chi connectivity index (χ0) is 24.8. The highest BCUT2D eigenvalue weighted by Crippen LogP contribution is 2.38. The molecular formula is C25H21N3O5S2. The normalized spacial score (nSPS) is 11.4. The lowest BCUT2D eigenvalue weighted by Gasteiger charge is -2.12. The van der Waals surface area contributed by atoms with Crippen LogP contribution >= 0.6 is 11.3 Å². The fourth-order valence-electron chi connectivity index (χ4n) is 3.27. The minimum atomic E-state index is -3.88. The third kappa shape index (κ3) is 5.56. The second kappa shape index (κ2) is 10.5. The van der Waals surface area contributed by atoms with E-state index in [0.717, 1.165) is 10.4 Å². The van der Waals surface area contributed by atoms with Crippen molar-refractivity contribution in [3.8, 4) is 21.9 Å². The number of ketones is 1. The van der Waals surface area contributed by atoms with Crippen LogP contribution in [0, 0.1) is 0 Å². The second-order valence-electron chi connectivity index (χ2n) is 7.17. The highest BCUT2D eigenvalue weighted by molar-refractivity contribution is 7.92. The molecule has 2 heterocycles. The third-order valence-corrected chi connectivity index (χ3v) is 7.24. The molecule has 0 unspecified atom stereocenters. The van der Waals surface area contributed by atoms with Crippen LogP contribution in [0.1, 0.15) is 15.9 Å². The van der Waals surface area contributed by atoms with Crippen LogP contribution in [0.4, 0.5) is 5.95 Å². The SMILES string of the molecule is COc1cc(OC)c(-c2cccs2)cc1C=CC(=O)c1ccc(S(=O)(=O)Nc2ncccn2)cc1. The number of methoxy groups -OCH3 is 2. The van der Waals surface area contributed by atoms with Crippen LogP contribution in [0.3, 0.4) is 0 Å². The van der Waals surface area contributed by atoms with E-state index < -0.39 is 10.0 Å². The van der Waals surface area contributed by atoms with Crippen molar-refractivity contribution in [1.82, 2.24) is 9.97 Å². The first-order valence-corrected chi connectivity index (χ1v) is 12.7. The fraction of sp³-hybridized carbons (Fsp3) is 0.0800. The predicted octanol–water partition coefficient (Wildman–Crippen LogP) is 4.92. The summed E-state index contributed by atoms with van der Waals surface area (Å²) < 4.78 is 38.3. The summed E-state index contributed by atoms with van der Waals surface area (Å²) >= 11 is 1.58. The Morgan fingerprint density at radius 3 is 2.31 bits per heavy atom. The maximum atomic E-state index is 12.8. The Kier molecular flexibility index (Phi) is 7.23. The van der Waals surface area contributed by atoms with Crippen molar-refractivity contribution in [3.05, 3.63) is 89.6 Å². The summed E-state index contributed by atoms with van der Waals surface area (Å²) in [4.78, 5) is 21.5. The Morgan fingerprint density at radius 1 is 0.971 bits per heavy atom. The third-order valence-electron chi connectivity index (χ3n) is 4.99. The van der Waals surface area contributed by atoms with Gasteiger partial charge in [0.2, 0.25) is 5.95 Å². The van der Waals surface area contributed by atoms with Gasteiger partial charge in [-0.1, -0.05) is 6.07 Å². The van der Waals surface area contributed by atoms with Gasteiger partial charge in [0, 0.05) is 40.0 Å². The molecule has 178 valence electrons. The lowest BCUT2D eigenvalue weighted by atomic mass is 10.0. The molecule has 0 aliphatic heterocycles. The lowest BCUT2D eigenvalue weighted by molar-refractivity contribution is 0.104. The number of carbonyl (C=O) groups excluding carboxylic acids is 1. The zero-order valence-corrected chi connectivity index (χ0v) is 20.5. The van der Waals surface area contributed by atoms with E-state index in [9.17, 15) is 13.2 Å². The molecule has 4 rings (SSSR count). The number of nitrogens with zero attached hydrogens (tertiary/aromatic N) is 2. The van der Waals surface area contributed by atoms with Gasteiger partial charge in [0.05, 0.1) is 19.1 Å². The maximum absolute atomic E-state index is 12.8. The number of anilines is 1. The van der Waals surface area contributed by atoms with Gasteiger partial charge in [-0.2, -0.15) is 0 Å². The molecule has 0 aliphatic rings. The standard InChI is InChI=1S/C25H21N3O5S2/c1-32-22-16-23(33-2)20(24-5-3-14-34-24)15-18(22)8-11-21(29)17-6-9-19(10-7-17)35(30,31)28-25-26-12-4-13-27-25/h3-16H,1-2H3,(H,26,27,28). The minimum absolute atomic E-state index is 0.0112. The summed E-state index contributed by atoms with van der Waals surface area (Å²) in [6, 6.07) is 14.8. The molecule has 35 heavy (non-hydrogen) atoms. The van der Waals surface area contributed by atoms with E-state index in [4.69, 9.17) is 9.47 Å². The number of ether oxygens (including phenoxy) is 2. The van der Waals surface area contributed by atoms with Crippen molar-refractivity contribution in [2.24, 2.45) is 0 Å². The highest BCUT2D eigenvalue weighted by Gasteiger charge is 2.16. The molecular weight excluding hydrogens is 486 g/mol. The van der Waals surface area contributed by atoms with Gasteiger partial charge < -0.3 is 9.47 Å². The largest absolute Gasteiger partial charge is 0.496 e. The van der Waals surface area contributed by atoms with Crippen LogP contribution < -0.4 is 14.2 Å². The molecule has 10 heteroatoms. The molecule has 4 aromatic rings. The molecule has 2 aromatic carbocycles. The first-order valence-electron chi connectivity index (χ1n) is 10.3. The summed E-state index contributed by atoms with van der Waals surface area (Å²) in [6.07, 6.45) is 5.94. The molecule has 0 bridgehead atoms. The maximum Gasteiger partial charge on any atom is 0.264 e. The number of nitrogens with one attached hydrogen (secondary N) is 1. The van der Waals surface area contributed by atoms with Gasteiger partial charge in [-0.05, 0) is 60.0 Å². The molecule has 0 aliphatic carbocycles. The van der Waals surface area contributed by atoms with Gasteiger partial charge in [-0.3, -0.25) is 4.79 Å². The van der Waals surface area contributed by atoms with E-state index >= 15 is 0 Å². The van der Waals surface area contributed by atoms with Crippen LogP contribution in [0.25, 0.3) is 16.5 Å². The van der Waals surface area contributed by atoms with Crippen molar-refractivity contribution >= 4 is 39.2 Å². The summed E-state index contributed by atoms with van der Waals surface area (Å²) in [5, 5.41) is 1.98. The quantitative estimate of drug-likeness (QED) is 0.253. The smallest absolute Gasteiger partial charge is 0.264 e. The number of hydrogen-bond donors (Lipinski definition) is 1. The number of allylic oxidation sites excluding steroid dienone is 1. The van der Waals surface area contributed by atoms with Crippen molar-refractivity contribution in [2.45, 2.75) is 4.90 Å². The summed E-state index contributed by atoms with van der Waals surface area (Å²) in [7, 11) is -0.742. The number of hydrogen-bond acceptors (Lipinski definition) is 8. The molecule has 0 saturated carbocycles. The zero-order valence-electron chi connectivity index (χ0n) is 18.8. The Hall–Kier alpha value is -4.02. The van der Waals surface area contributed by atoms with Gasteiger partial charge in [-0.25, -0.2) is 23.1 Å². The average molecular weight is 508 g/mol. The van der Waals surface area contributed by atoms with Crippen molar-refractivity contribution in [3.63, 3.8) is 0 Å². The first kappa shape index (κ1) is 24.1. The van der Waals surface area contributed by atoms with Gasteiger partial charge in [0.15, 0.2) is 5.78 Å². The van der Waals surface area contributed by atoms with Gasteiger partial charge in [0.25, 0.3) is 10.0 Å². The van der Waals surface area contributed by atoms with Crippen LogP contribution in [0.15, 0.2) is 83.3 Å². The monoisotopic (exact) mass is 507 g/mol. The number of aromatic nitrogens is 2. The van der Waals surface area contributed by atoms with Crippen LogP contribution in [0.2, 0.25) is 0 Å². The number of rotatable bonds is 9. The Labute approximate surface area is 207 Å². The van der Waals surface area contributed by atoms with Crippen LogP contribution in [-0.4, -0.2) is 38.4 Å². The predicted molar refractivity (Wildman–Crippen MR) is 136 cm³/mol. The van der Waals surface area contributed by atoms with Gasteiger partial charge in [0.1, 0.15) is 11.5 Å². The summed E-state index contributed by atoms with van der Waals surface area (Å²) in [5.41, 5.74) is 1.93. The number of thiophene rings is 1. The lowest BCUT2D eigenvalue weighted by Crippen LogP contribution is -2.15. The van der Waals surface area contributed by atoms with Gasteiger partial charge in [-0.15, -0.1) is 11.3 Å². The molecule has 0 saturated heterocycles. The van der Waals surface area contributed by atoms with E-state index in [0.29, 0.717) is 22.6 Å². The Bertz CT molecular complexity index is 1450. The molecule has 0 spiro atoms. The summed E-state index contributed by atoms with van der Waals surface area (Å²) in [5.74, 6) is 0.899. The molecule has 0 radical (unpaired) electrons. The second-order valence-corrected chi connectivity index (χ2v) is 9.80. The van der Waals surface area contributed by atoms with Crippen LogP contribution in [0.5, 0.6) is 11.5 Å².